The molecule has 0 saturated heterocycles. The maximum absolute atomic E-state index is 6.24. The first kappa shape index (κ1) is 19.2. The minimum Gasteiger partial charge on any atom is -0.497 e. The number of halogens is 1. The minimum absolute atomic E-state index is 0.419. The number of hydrogen-bond donors (Lipinski definition) is 2. The number of ether oxygens (including phenoxy) is 1. The number of benzene rings is 2. The van der Waals surface area contributed by atoms with Crippen molar-refractivity contribution in [3.63, 3.8) is 0 Å². The molecule has 6 nitrogen and oxygen atoms in total. The van der Waals surface area contributed by atoms with Gasteiger partial charge >= 0.3 is 0 Å². The van der Waals surface area contributed by atoms with Crippen molar-refractivity contribution >= 4 is 45.5 Å². The molecule has 0 amide bonds. The van der Waals surface area contributed by atoms with Crippen LogP contribution in [0.4, 0.5) is 22.6 Å². The molecular formula is C21H18ClN5OS. The van der Waals surface area contributed by atoms with E-state index in [0.717, 1.165) is 27.6 Å². The molecule has 2 heterocycles. The van der Waals surface area contributed by atoms with Gasteiger partial charge < -0.3 is 10.1 Å². The molecule has 0 spiro atoms. The molecule has 0 saturated carbocycles. The van der Waals surface area contributed by atoms with Gasteiger partial charge in [-0.1, -0.05) is 41.1 Å². The smallest absolute Gasteiger partial charge is 0.231 e. The number of nitrogens with zero attached hydrogens (tertiary/aromatic N) is 3. The summed E-state index contributed by atoms with van der Waals surface area (Å²) >= 11 is 7.78. The van der Waals surface area contributed by atoms with Crippen LogP contribution in [0.2, 0.25) is 5.02 Å². The van der Waals surface area contributed by atoms with Crippen molar-refractivity contribution in [2.75, 3.05) is 17.7 Å². The van der Waals surface area contributed by atoms with Crippen molar-refractivity contribution in [3.05, 3.63) is 71.5 Å². The number of aromatic nitrogens is 3. The van der Waals surface area contributed by atoms with E-state index in [0.29, 0.717) is 21.9 Å². The summed E-state index contributed by atoms with van der Waals surface area (Å²) in [6.45, 7) is 1.98. The predicted octanol–water partition coefficient (Wildman–Crippen LogP) is 6.06. The van der Waals surface area contributed by atoms with Gasteiger partial charge in [0.15, 0.2) is 10.9 Å². The highest BCUT2D eigenvalue weighted by Crippen LogP contribution is 2.34. The summed E-state index contributed by atoms with van der Waals surface area (Å²) in [6, 6.07) is 17.6. The van der Waals surface area contributed by atoms with Gasteiger partial charge in [0.2, 0.25) is 5.95 Å². The zero-order valence-corrected chi connectivity index (χ0v) is 17.4. The molecule has 2 aromatic heterocycles. The van der Waals surface area contributed by atoms with Gasteiger partial charge in [-0.15, -0.1) is 0 Å². The van der Waals surface area contributed by atoms with Crippen molar-refractivity contribution in [2.24, 2.45) is 0 Å². The number of methoxy groups -OCH3 is 1. The summed E-state index contributed by atoms with van der Waals surface area (Å²) in [5, 5.41) is 7.52. The maximum Gasteiger partial charge on any atom is 0.231 e. The summed E-state index contributed by atoms with van der Waals surface area (Å²) < 4.78 is 5.23. The zero-order chi connectivity index (χ0) is 20.2. The van der Waals surface area contributed by atoms with E-state index < -0.39 is 0 Å². The van der Waals surface area contributed by atoms with Crippen LogP contribution >= 0.6 is 22.9 Å². The molecule has 0 radical (unpaired) electrons. The van der Waals surface area contributed by atoms with E-state index in [-0.39, 0.29) is 0 Å². The van der Waals surface area contributed by atoms with E-state index in [1.807, 2.05) is 61.5 Å². The largest absolute Gasteiger partial charge is 0.497 e. The highest BCUT2D eigenvalue weighted by molar-refractivity contribution is 7.19. The van der Waals surface area contributed by atoms with Crippen LogP contribution < -0.4 is 15.4 Å². The Morgan fingerprint density at radius 3 is 2.45 bits per heavy atom. The Hall–Kier alpha value is -3.16. The van der Waals surface area contributed by atoms with Crippen molar-refractivity contribution in [1.29, 1.82) is 0 Å². The van der Waals surface area contributed by atoms with Gasteiger partial charge in [-0.2, -0.15) is 4.98 Å². The highest BCUT2D eigenvalue weighted by atomic mass is 35.5. The quantitative estimate of drug-likeness (QED) is 0.393. The van der Waals surface area contributed by atoms with Crippen LogP contribution in [0, 0.1) is 6.92 Å². The molecule has 0 atom stereocenters. The summed E-state index contributed by atoms with van der Waals surface area (Å²) in [5.74, 6) is 1.77. The van der Waals surface area contributed by atoms with Gasteiger partial charge in [-0.3, -0.25) is 5.32 Å². The number of nitrogens with one attached hydrogen (secondary N) is 2. The van der Waals surface area contributed by atoms with Crippen LogP contribution in [-0.4, -0.2) is 22.1 Å². The number of anilines is 4. The third-order valence-corrected chi connectivity index (χ3v) is 5.55. The third-order valence-electron chi connectivity index (χ3n) is 4.15. The zero-order valence-electron chi connectivity index (χ0n) is 15.8. The molecule has 29 heavy (non-hydrogen) atoms. The molecule has 4 rings (SSSR count). The van der Waals surface area contributed by atoms with Crippen molar-refractivity contribution < 1.29 is 4.74 Å². The topological polar surface area (TPSA) is 72.0 Å². The number of hydrogen-bond acceptors (Lipinski definition) is 7. The fourth-order valence-corrected chi connectivity index (χ4v) is 3.83. The molecule has 8 heteroatoms. The molecule has 2 N–H and O–H groups in total. The first-order chi connectivity index (χ1) is 14.1. The molecule has 0 fully saturated rings. The Morgan fingerprint density at radius 1 is 0.966 bits per heavy atom. The molecule has 0 bridgehead atoms. The van der Waals surface area contributed by atoms with Gasteiger partial charge in [-0.05, 0) is 48.9 Å². The van der Waals surface area contributed by atoms with Gasteiger partial charge in [0, 0.05) is 5.69 Å². The third kappa shape index (κ3) is 4.47. The van der Waals surface area contributed by atoms with Crippen LogP contribution in [-0.2, 0) is 0 Å². The van der Waals surface area contributed by atoms with Crippen LogP contribution in [0.5, 0.6) is 5.75 Å². The summed E-state index contributed by atoms with van der Waals surface area (Å²) in [6.07, 6.45) is 1.56. The van der Waals surface area contributed by atoms with Crippen molar-refractivity contribution in [2.45, 2.75) is 6.92 Å². The second-order valence-electron chi connectivity index (χ2n) is 6.17. The Kier molecular flexibility index (Phi) is 5.59. The van der Waals surface area contributed by atoms with Crippen LogP contribution in [0.3, 0.4) is 0 Å². The van der Waals surface area contributed by atoms with Gasteiger partial charge in [-0.25, -0.2) is 9.97 Å². The van der Waals surface area contributed by atoms with Crippen LogP contribution in [0.15, 0.2) is 60.8 Å². The van der Waals surface area contributed by atoms with E-state index in [4.69, 9.17) is 16.3 Å². The summed E-state index contributed by atoms with van der Waals surface area (Å²) in [5.41, 5.74) is 2.91. The van der Waals surface area contributed by atoms with E-state index in [1.165, 1.54) is 11.3 Å². The second kappa shape index (κ2) is 8.46. The molecule has 2 aromatic carbocycles. The lowest BCUT2D eigenvalue weighted by atomic mass is 10.1. The molecule has 0 aliphatic heterocycles. The van der Waals surface area contributed by atoms with E-state index in [1.54, 1.807) is 13.3 Å². The van der Waals surface area contributed by atoms with Crippen LogP contribution in [0.1, 0.15) is 5.69 Å². The molecule has 0 aliphatic carbocycles. The second-order valence-corrected chi connectivity index (χ2v) is 7.57. The first-order valence-electron chi connectivity index (χ1n) is 8.86. The molecule has 146 valence electrons. The monoisotopic (exact) mass is 423 g/mol. The number of para-hydroxylation sites is 1. The normalized spacial score (nSPS) is 10.6. The minimum atomic E-state index is 0.419. The van der Waals surface area contributed by atoms with Gasteiger partial charge in [0.25, 0.3) is 0 Å². The average Bonchev–Trinajstić information content (AvgIpc) is 3.11. The summed E-state index contributed by atoms with van der Waals surface area (Å²) in [4.78, 5) is 14.4. The number of aryl methyl sites for hydroxylation is 1. The number of rotatable bonds is 6. The lowest BCUT2D eigenvalue weighted by Crippen LogP contribution is -2.01. The average molecular weight is 424 g/mol. The van der Waals surface area contributed by atoms with Crippen molar-refractivity contribution in [3.8, 4) is 16.2 Å². The Balaban J connectivity index is 1.55. The standard InChI is InChI=1S/C21H18ClN5OS/c1-13-18(14-8-10-16(28-2)11-9-14)29-21(24-13)27-20-23-12-17(22)19(26-20)25-15-6-4-3-5-7-15/h3-12H,1-2H3,(H2,23,24,25,26,27). The Bertz CT molecular complexity index is 1120. The van der Waals surface area contributed by atoms with E-state index >= 15 is 0 Å². The summed E-state index contributed by atoms with van der Waals surface area (Å²) in [7, 11) is 1.65. The van der Waals surface area contributed by atoms with Gasteiger partial charge in [0.05, 0.1) is 23.9 Å². The lowest BCUT2D eigenvalue weighted by Gasteiger charge is -2.08. The fourth-order valence-electron chi connectivity index (χ4n) is 2.73. The lowest BCUT2D eigenvalue weighted by molar-refractivity contribution is 0.415. The maximum atomic E-state index is 6.24. The van der Waals surface area contributed by atoms with Crippen LogP contribution in [0.25, 0.3) is 10.4 Å². The Labute approximate surface area is 177 Å². The Morgan fingerprint density at radius 2 is 1.72 bits per heavy atom. The first-order valence-corrected chi connectivity index (χ1v) is 10.1. The van der Waals surface area contributed by atoms with E-state index in [2.05, 4.69) is 25.6 Å². The van der Waals surface area contributed by atoms with Gasteiger partial charge in [0.1, 0.15) is 10.8 Å². The number of thiazole rings is 1. The molecular weight excluding hydrogens is 406 g/mol. The highest BCUT2D eigenvalue weighted by Gasteiger charge is 2.12. The predicted molar refractivity (Wildman–Crippen MR) is 119 cm³/mol. The molecule has 0 unspecified atom stereocenters. The van der Waals surface area contributed by atoms with Crippen molar-refractivity contribution in [1.82, 2.24) is 15.0 Å². The SMILES string of the molecule is COc1ccc(-c2sc(Nc3ncc(Cl)c(Nc4ccccc4)n3)nc2C)cc1. The molecule has 4 aromatic rings. The van der Waals surface area contributed by atoms with E-state index in [9.17, 15) is 0 Å². The molecule has 0 aliphatic rings. The fraction of sp³-hybridized carbons (Fsp3) is 0.0952.